The lowest BCUT2D eigenvalue weighted by atomic mass is 9.44. The Morgan fingerprint density at radius 1 is 0.962 bits per heavy atom. The third-order valence-corrected chi connectivity index (χ3v) is 9.80. The van der Waals surface area contributed by atoms with Crippen molar-refractivity contribution in [3.8, 4) is 0 Å². The minimum Gasteiger partial charge on any atom is -0.393 e. The first-order valence-electron chi connectivity index (χ1n) is 11.4. The van der Waals surface area contributed by atoms with E-state index in [1.165, 1.54) is 19.3 Å². The van der Waals surface area contributed by atoms with Gasteiger partial charge in [0.05, 0.1) is 18.3 Å². The van der Waals surface area contributed by atoms with Gasteiger partial charge in [-0.3, -0.25) is 0 Å². The number of fused-ring (bicyclic) bond motifs is 3. The molecule has 0 radical (unpaired) electrons. The molecule has 3 heteroatoms. The predicted molar refractivity (Wildman–Crippen MR) is 102 cm³/mol. The van der Waals surface area contributed by atoms with Crippen LogP contribution >= 0.6 is 0 Å². The summed E-state index contributed by atoms with van der Waals surface area (Å²) in [7, 11) is 0. The Balaban J connectivity index is 1.51. The molecule has 5 aliphatic carbocycles. The Labute approximate surface area is 158 Å². The highest BCUT2D eigenvalue weighted by Gasteiger charge is 2.72. The molecule has 0 heterocycles. The van der Waals surface area contributed by atoms with Gasteiger partial charge in [-0.1, -0.05) is 20.8 Å². The molecule has 0 amide bonds. The largest absolute Gasteiger partial charge is 0.393 e. The first kappa shape index (κ1) is 17.9. The van der Waals surface area contributed by atoms with E-state index >= 15 is 0 Å². The Morgan fingerprint density at radius 3 is 2.50 bits per heavy atom. The van der Waals surface area contributed by atoms with Crippen molar-refractivity contribution in [1.29, 1.82) is 0 Å². The lowest BCUT2D eigenvalue weighted by Crippen LogP contribution is -2.59. The molecule has 11 unspecified atom stereocenters. The lowest BCUT2D eigenvalue weighted by Gasteiger charge is -2.62. The van der Waals surface area contributed by atoms with Crippen LogP contribution in [0.5, 0.6) is 0 Å². The van der Waals surface area contributed by atoms with Crippen LogP contribution in [0.2, 0.25) is 0 Å². The van der Waals surface area contributed by atoms with Crippen molar-refractivity contribution in [1.82, 2.24) is 0 Å². The summed E-state index contributed by atoms with van der Waals surface area (Å²) < 4.78 is 6.46. The van der Waals surface area contributed by atoms with E-state index in [-0.39, 0.29) is 17.6 Å². The highest BCUT2D eigenvalue weighted by Crippen LogP contribution is 2.74. The van der Waals surface area contributed by atoms with Gasteiger partial charge in [0.1, 0.15) is 0 Å². The molecular formula is C23H38O3. The van der Waals surface area contributed by atoms with Gasteiger partial charge in [0.15, 0.2) is 0 Å². The summed E-state index contributed by atoms with van der Waals surface area (Å²) in [6.07, 6.45) is 8.84. The van der Waals surface area contributed by atoms with Crippen LogP contribution in [0.15, 0.2) is 0 Å². The molecule has 148 valence electrons. The van der Waals surface area contributed by atoms with E-state index in [9.17, 15) is 10.2 Å². The van der Waals surface area contributed by atoms with E-state index in [1.807, 2.05) is 0 Å². The maximum atomic E-state index is 11.0. The number of hydrogen-bond acceptors (Lipinski definition) is 3. The van der Waals surface area contributed by atoms with Gasteiger partial charge in [-0.15, -0.1) is 0 Å². The Hall–Kier alpha value is -0.120. The molecule has 0 aromatic rings. The van der Waals surface area contributed by atoms with Crippen LogP contribution in [-0.2, 0) is 4.74 Å². The summed E-state index contributed by atoms with van der Waals surface area (Å²) in [5.74, 6) is 4.26. The molecule has 5 fully saturated rings. The average Bonchev–Trinajstić information content (AvgIpc) is 3.32. The van der Waals surface area contributed by atoms with Crippen LogP contribution in [0.3, 0.4) is 0 Å². The summed E-state index contributed by atoms with van der Waals surface area (Å²) in [6, 6.07) is 0. The van der Waals surface area contributed by atoms with Crippen LogP contribution in [0.25, 0.3) is 0 Å². The second-order valence-corrected chi connectivity index (χ2v) is 11.1. The highest BCUT2D eigenvalue weighted by atomic mass is 16.5. The van der Waals surface area contributed by atoms with E-state index in [1.54, 1.807) is 0 Å². The van der Waals surface area contributed by atoms with E-state index in [0.717, 1.165) is 56.5 Å². The van der Waals surface area contributed by atoms with E-state index in [4.69, 9.17) is 4.74 Å². The van der Waals surface area contributed by atoms with Crippen molar-refractivity contribution in [2.24, 2.45) is 46.3 Å². The zero-order chi connectivity index (χ0) is 18.3. The molecule has 0 spiro atoms. The molecule has 0 aromatic heterocycles. The predicted octanol–water partition coefficient (Wildman–Crippen LogP) is 4.01. The van der Waals surface area contributed by atoms with Gasteiger partial charge in [-0.25, -0.2) is 0 Å². The van der Waals surface area contributed by atoms with Crippen molar-refractivity contribution >= 4 is 0 Å². The summed E-state index contributed by atoms with van der Waals surface area (Å²) >= 11 is 0. The molecule has 3 nitrogen and oxygen atoms in total. The van der Waals surface area contributed by atoms with E-state index in [0.29, 0.717) is 29.3 Å². The molecule has 2 bridgehead atoms. The fourth-order valence-corrected chi connectivity index (χ4v) is 8.57. The van der Waals surface area contributed by atoms with Crippen LogP contribution < -0.4 is 0 Å². The van der Waals surface area contributed by atoms with Gasteiger partial charge in [0.25, 0.3) is 0 Å². The van der Waals surface area contributed by atoms with E-state index < -0.39 is 0 Å². The van der Waals surface area contributed by atoms with E-state index in [2.05, 4.69) is 20.8 Å². The quantitative estimate of drug-likeness (QED) is 0.797. The number of hydrogen-bond donors (Lipinski definition) is 2. The average molecular weight is 363 g/mol. The fraction of sp³-hybridized carbons (Fsp3) is 1.00. The van der Waals surface area contributed by atoms with Crippen molar-refractivity contribution in [3.63, 3.8) is 0 Å². The molecule has 11 atom stereocenters. The van der Waals surface area contributed by atoms with Crippen LogP contribution in [0.1, 0.15) is 72.1 Å². The summed E-state index contributed by atoms with van der Waals surface area (Å²) in [5.41, 5.74) is 0.339. The monoisotopic (exact) mass is 362 g/mol. The van der Waals surface area contributed by atoms with Gasteiger partial charge in [-0.2, -0.15) is 0 Å². The standard InChI is InChI=1S/C23H38O3/c1-4-9-26-21-16-12-15(16)20-19-13-10-14(24)5-7-22(2,18(25)11-13)17(19)6-8-23(20,21)3/h13-21,24-25H,4-12H2,1-3H3. The van der Waals surface area contributed by atoms with Gasteiger partial charge in [-0.05, 0) is 97.7 Å². The summed E-state index contributed by atoms with van der Waals surface area (Å²) in [6.45, 7) is 7.99. The van der Waals surface area contributed by atoms with Crippen molar-refractivity contribution in [2.45, 2.75) is 90.4 Å². The smallest absolute Gasteiger partial charge is 0.0662 e. The number of aliphatic hydroxyl groups excluding tert-OH is 2. The normalized spacial score (nSPS) is 60.6. The third kappa shape index (κ3) is 2.29. The summed E-state index contributed by atoms with van der Waals surface area (Å²) in [5, 5.41) is 21.6. The molecule has 5 aliphatic rings. The molecule has 0 saturated heterocycles. The zero-order valence-electron chi connectivity index (χ0n) is 16.9. The first-order chi connectivity index (χ1) is 12.4. The molecule has 5 rings (SSSR count). The number of ether oxygens (including phenoxy) is 1. The van der Waals surface area contributed by atoms with Crippen molar-refractivity contribution < 1.29 is 14.9 Å². The summed E-state index contributed by atoms with van der Waals surface area (Å²) in [4.78, 5) is 0. The molecule has 26 heavy (non-hydrogen) atoms. The Kier molecular flexibility index (Phi) is 4.10. The topological polar surface area (TPSA) is 49.7 Å². The second-order valence-electron chi connectivity index (χ2n) is 11.1. The lowest BCUT2D eigenvalue weighted by molar-refractivity contribution is -0.188. The molecule has 0 aromatic carbocycles. The van der Waals surface area contributed by atoms with Gasteiger partial charge in [0, 0.05) is 6.61 Å². The molecule has 0 aliphatic heterocycles. The van der Waals surface area contributed by atoms with Crippen LogP contribution in [0, 0.1) is 46.3 Å². The van der Waals surface area contributed by atoms with Gasteiger partial charge < -0.3 is 14.9 Å². The number of aliphatic hydroxyl groups is 2. The van der Waals surface area contributed by atoms with Gasteiger partial charge >= 0.3 is 0 Å². The maximum absolute atomic E-state index is 11.0. The highest BCUT2D eigenvalue weighted by molar-refractivity contribution is 5.20. The van der Waals surface area contributed by atoms with Crippen LogP contribution in [0.4, 0.5) is 0 Å². The molecule has 5 saturated carbocycles. The molecular weight excluding hydrogens is 324 g/mol. The molecule has 2 N–H and O–H groups in total. The Bertz CT molecular complexity index is 564. The first-order valence-corrected chi connectivity index (χ1v) is 11.4. The maximum Gasteiger partial charge on any atom is 0.0662 e. The number of rotatable bonds is 3. The second kappa shape index (κ2) is 5.94. The third-order valence-electron chi connectivity index (χ3n) is 9.80. The van der Waals surface area contributed by atoms with Gasteiger partial charge in [0.2, 0.25) is 0 Å². The van der Waals surface area contributed by atoms with Crippen LogP contribution in [-0.4, -0.2) is 35.1 Å². The van der Waals surface area contributed by atoms with Crippen molar-refractivity contribution in [2.75, 3.05) is 6.61 Å². The SMILES string of the molecule is CCCOC1C2CC2C2C3C4CC(O)CCC(C)(C(O)C4)C3CCC12C. The Morgan fingerprint density at radius 2 is 1.73 bits per heavy atom. The zero-order valence-corrected chi connectivity index (χ0v) is 16.9. The van der Waals surface area contributed by atoms with Crippen molar-refractivity contribution in [3.05, 3.63) is 0 Å². The minimum absolute atomic E-state index is 0.0106. The fourth-order valence-electron chi connectivity index (χ4n) is 8.57. The minimum atomic E-state index is -0.172.